The molecule has 0 spiro atoms. The highest BCUT2D eigenvalue weighted by Gasteiger charge is 2.11. The average Bonchev–Trinajstić information content (AvgIpc) is 3.19. The van der Waals surface area contributed by atoms with Crippen LogP contribution in [0, 0.1) is 6.92 Å². The summed E-state index contributed by atoms with van der Waals surface area (Å²) in [6.45, 7) is 2.41. The van der Waals surface area contributed by atoms with E-state index in [1.54, 1.807) is 0 Å². The third-order valence-electron chi connectivity index (χ3n) is 4.16. The fraction of sp³-hybridized carbons (Fsp3) is 0.0909. The first-order chi connectivity index (χ1) is 13.2. The van der Waals surface area contributed by atoms with E-state index in [4.69, 9.17) is 20.9 Å². The summed E-state index contributed by atoms with van der Waals surface area (Å²) in [5, 5.41) is 4.78. The Morgan fingerprint density at radius 2 is 1.74 bits per heavy atom. The molecule has 0 fully saturated rings. The van der Waals surface area contributed by atoms with Gasteiger partial charge in [-0.05, 0) is 48.4 Å². The Kier molecular flexibility index (Phi) is 4.90. The molecule has 4 rings (SSSR count). The largest absolute Gasteiger partial charge is 0.489 e. The summed E-state index contributed by atoms with van der Waals surface area (Å²) < 4.78 is 11.4. The Hall–Kier alpha value is -3.11. The second-order valence-corrected chi connectivity index (χ2v) is 6.62. The Morgan fingerprint density at radius 1 is 0.926 bits per heavy atom. The van der Waals surface area contributed by atoms with Crippen molar-refractivity contribution >= 4 is 11.6 Å². The highest BCUT2D eigenvalue weighted by molar-refractivity contribution is 6.30. The Morgan fingerprint density at radius 3 is 2.56 bits per heavy atom. The van der Waals surface area contributed by atoms with Crippen LogP contribution >= 0.6 is 11.6 Å². The molecule has 134 valence electrons. The maximum atomic E-state index is 5.99. The normalized spacial score (nSPS) is 10.7. The molecule has 0 aliphatic rings. The lowest BCUT2D eigenvalue weighted by Gasteiger charge is -2.09. The summed E-state index contributed by atoms with van der Waals surface area (Å²) in [5.74, 6) is 1.87. The predicted molar refractivity (Wildman–Crippen MR) is 106 cm³/mol. The second kappa shape index (κ2) is 7.64. The van der Waals surface area contributed by atoms with E-state index in [9.17, 15) is 0 Å². The molecular weight excluding hydrogens is 360 g/mol. The molecule has 27 heavy (non-hydrogen) atoms. The van der Waals surface area contributed by atoms with Gasteiger partial charge in [0, 0.05) is 16.1 Å². The molecule has 0 N–H and O–H groups in total. The van der Waals surface area contributed by atoms with Crippen LogP contribution in [0.5, 0.6) is 5.75 Å². The Balaban J connectivity index is 1.52. The van der Waals surface area contributed by atoms with Crippen molar-refractivity contribution in [1.29, 1.82) is 0 Å². The number of hydrogen-bond acceptors (Lipinski definition) is 4. The van der Waals surface area contributed by atoms with E-state index in [1.807, 2.05) is 79.7 Å². The van der Waals surface area contributed by atoms with Gasteiger partial charge in [0.2, 0.25) is 5.82 Å². The first-order valence-corrected chi connectivity index (χ1v) is 8.94. The Labute approximate surface area is 162 Å². The molecule has 0 bridgehead atoms. The zero-order valence-corrected chi connectivity index (χ0v) is 15.5. The van der Waals surface area contributed by atoms with Crippen molar-refractivity contribution in [3.63, 3.8) is 0 Å². The summed E-state index contributed by atoms with van der Waals surface area (Å²) in [5.41, 5.74) is 3.80. The summed E-state index contributed by atoms with van der Waals surface area (Å²) >= 11 is 5.99. The number of ether oxygens (including phenoxy) is 1. The molecule has 0 saturated carbocycles. The lowest BCUT2D eigenvalue weighted by molar-refractivity contribution is 0.304. The minimum Gasteiger partial charge on any atom is -0.489 e. The van der Waals surface area contributed by atoms with Crippen LogP contribution in [0.1, 0.15) is 11.1 Å². The molecule has 0 amide bonds. The van der Waals surface area contributed by atoms with Gasteiger partial charge >= 0.3 is 0 Å². The van der Waals surface area contributed by atoms with E-state index in [1.165, 1.54) is 0 Å². The van der Waals surface area contributed by atoms with Crippen LogP contribution in [-0.2, 0) is 6.61 Å². The van der Waals surface area contributed by atoms with Crippen LogP contribution in [-0.4, -0.2) is 10.1 Å². The summed E-state index contributed by atoms with van der Waals surface area (Å²) in [7, 11) is 0. The van der Waals surface area contributed by atoms with Crippen LogP contribution in [0.25, 0.3) is 22.8 Å². The van der Waals surface area contributed by atoms with Crippen molar-refractivity contribution in [3.05, 3.63) is 88.9 Å². The first-order valence-electron chi connectivity index (χ1n) is 8.56. The lowest BCUT2D eigenvalue weighted by atomic mass is 10.1. The van der Waals surface area contributed by atoms with Gasteiger partial charge in [0.05, 0.1) is 0 Å². The van der Waals surface area contributed by atoms with E-state index < -0.39 is 0 Å². The van der Waals surface area contributed by atoms with E-state index in [-0.39, 0.29) is 0 Å². The van der Waals surface area contributed by atoms with E-state index in [0.29, 0.717) is 23.3 Å². The molecule has 4 nitrogen and oxygen atoms in total. The highest BCUT2D eigenvalue weighted by atomic mass is 35.5. The monoisotopic (exact) mass is 376 g/mol. The van der Waals surface area contributed by atoms with Gasteiger partial charge in [0.1, 0.15) is 12.4 Å². The van der Waals surface area contributed by atoms with E-state index in [0.717, 1.165) is 28.0 Å². The molecule has 0 aliphatic heterocycles. The molecular formula is C22H17ClN2O2. The number of aromatic nitrogens is 2. The quantitative estimate of drug-likeness (QED) is 0.432. The van der Waals surface area contributed by atoms with Gasteiger partial charge in [-0.1, -0.05) is 59.2 Å². The molecule has 0 saturated heterocycles. The minimum atomic E-state index is 0.440. The first kappa shape index (κ1) is 17.3. The topological polar surface area (TPSA) is 48.2 Å². The second-order valence-electron chi connectivity index (χ2n) is 6.19. The SMILES string of the molecule is Cc1cc(Cl)ccc1OCc1cccc(-c2nc(-c3ccccc3)no2)c1. The smallest absolute Gasteiger partial charge is 0.258 e. The van der Waals surface area contributed by atoms with Crippen LogP contribution in [0.2, 0.25) is 5.02 Å². The number of halogens is 1. The molecule has 0 atom stereocenters. The summed E-state index contributed by atoms with van der Waals surface area (Å²) in [6, 6.07) is 23.2. The van der Waals surface area contributed by atoms with Crippen LogP contribution in [0.4, 0.5) is 0 Å². The average molecular weight is 377 g/mol. The standard InChI is InChI=1S/C22H17ClN2O2/c1-15-12-19(23)10-11-20(15)26-14-16-6-5-9-18(13-16)22-24-21(25-27-22)17-7-3-2-4-8-17/h2-13H,14H2,1H3. The van der Waals surface area contributed by atoms with E-state index >= 15 is 0 Å². The van der Waals surface area contributed by atoms with Gasteiger partial charge in [-0.15, -0.1) is 0 Å². The third-order valence-corrected chi connectivity index (χ3v) is 4.40. The molecule has 1 heterocycles. The molecule has 0 unspecified atom stereocenters. The fourth-order valence-corrected chi connectivity index (χ4v) is 3.00. The fourth-order valence-electron chi connectivity index (χ4n) is 2.78. The van der Waals surface area contributed by atoms with Crippen molar-refractivity contribution in [2.75, 3.05) is 0 Å². The van der Waals surface area contributed by atoms with Gasteiger partial charge < -0.3 is 9.26 Å². The molecule has 4 aromatic rings. The van der Waals surface area contributed by atoms with Gasteiger partial charge in [-0.3, -0.25) is 0 Å². The number of hydrogen-bond donors (Lipinski definition) is 0. The predicted octanol–water partition coefficient (Wildman–Crippen LogP) is 5.94. The highest BCUT2D eigenvalue weighted by Crippen LogP contribution is 2.25. The zero-order valence-electron chi connectivity index (χ0n) is 14.7. The number of rotatable bonds is 5. The van der Waals surface area contributed by atoms with Crippen LogP contribution in [0.3, 0.4) is 0 Å². The number of aryl methyl sites for hydroxylation is 1. The number of benzene rings is 3. The maximum Gasteiger partial charge on any atom is 0.258 e. The van der Waals surface area contributed by atoms with Crippen molar-refractivity contribution in [1.82, 2.24) is 10.1 Å². The van der Waals surface area contributed by atoms with Gasteiger partial charge in [-0.2, -0.15) is 4.98 Å². The molecule has 0 aliphatic carbocycles. The van der Waals surface area contributed by atoms with Crippen molar-refractivity contribution < 1.29 is 9.26 Å². The number of nitrogens with zero attached hydrogens (tertiary/aromatic N) is 2. The summed E-state index contributed by atoms with van der Waals surface area (Å²) in [6.07, 6.45) is 0. The third kappa shape index (κ3) is 4.01. The maximum absolute atomic E-state index is 5.99. The molecule has 5 heteroatoms. The van der Waals surface area contributed by atoms with Crippen molar-refractivity contribution in [2.24, 2.45) is 0 Å². The molecule has 0 radical (unpaired) electrons. The van der Waals surface area contributed by atoms with Crippen molar-refractivity contribution in [3.8, 4) is 28.6 Å². The van der Waals surface area contributed by atoms with Gasteiger partial charge in [-0.25, -0.2) is 0 Å². The lowest BCUT2D eigenvalue weighted by Crippen LogP contribution is -1.97. The molecule has 1 aromatic heterocycles. The summed E-state index contributed by atoms with van der Waals surface area (Å²) in [4.78, 5) is 4.50. The van der Waals surface area contributed by atoms with Crippen LogP contribution < -0.4 is 4.74 Å². The van der Waals surface area contributed by atoms with Gasteiger partial charge in [0.25, 0.3) is 5.89 Å². The van der Waals surface area contributed by atoms with E-state index in [2.05, 4.69) is 10.1 Å². The van der Waals surface area contributed by atoms with Crippen molar-refractivity contribution in [2.45, 2.75) is 13.5 Å². The molecule has 3 aromatic carbocycles. The van der Waals surface area contributed by atoms with Gasteiger partial charge in [0.15, 0.2) is 0 Å². The van der Waals surface area contributed by atoms with Crippen LogP contribution in [0.15, 0.2) is 77.3 Å². The minimum absolute atomic E-state index is 0.440. The Bertz CT molecular complexity index is 1060. The zero-order chi connectivity index (χ0) is 18.6.